The van der Waals surface area contributed by atoms with Crippen LogP contribution in [-0.4, -0.2) is 52.8 Å². The first-order valence-corrected chi connectivity index (χ1v) is 15.1. The van der Waals surface area contributed by atoms with E-state index in [1.807, 2.05) is 0 Å². The molecule has 1 unspecified atom stereocenters. The maximum Gasteiger partial charge on any atom is 0.418 e. The van der Waals surface area contributed by atoms with Gasteiger partial charge in [0.25, 0.3) is 0 Å². The number of aryl methyl sites for hydroxylation is 1. The quantitative estimate of drug-likeness (QED) is 0.269. The minimum absolute atomic E-state index is 0.0238. The summed E-state index contributed by atoms with van der Waals surface area (Å²) in [6.07, 6.45) is 1.87. The molecule has 1 aliphatic carbocycles. The maximum atomic E-state index is 14.4. The molecule has 1 N–H and O–H groups in total. The maximum absolute atomic E-state index is 14.4. The third-order valence-electron chi connectivity index (χ3n) is 9.49. The molecule has 1 saturated heterocycles. The van der Waals surface area contributed by atoms with Crippen LogP contribution in [-0.2, 0) is 23.9 Å². The first kappa shape index (κ1) is 28.1. The summed E-state index contributed by atoms with van der Waals surface area (Å²) in [5.74, 6) is 1.47. The Hall–Kier alpha value is -3.66. The molecule has 1 atom stereocenters. The van der Waals surface area contributed by atoms with Crippen LogP contribution in [0.5, 0.6) is 0 Å². The number of nitrogens with zero attached hydrogens (tertiary/aromatic N) is 5. The Balaban J connectivity index is 1.37. The van der Waals surface area contributed by atoms with Crippen LogP contribution in [0.25, 0.3) is 22.4 Å². The van der Waals surface area contributed by atoms with E-state index in [4.69, 9.17) is 14.7 Å². The van der Waals surface area contributed by atoms with Crippen molar-refractivity contribution in [3.8, 4) is 11.4 Å². The number of ether oxygens (including phenoxy) is 1. The van der Waals surface area contributed by atoms with E-state index in [0.29, 0.717) is 43.0 Å². The zero-order chi connectivity index (χ0) is 30.1. The highest BCUT2D eigenvalue weighted by Crippen LogP contribution is 2.44. The van der Waals surface area contributed by atoms with Gasteiger partial charge in [0.05, 0.1) is 17.4 Å². The predicted octanol–water partition coefficient (Wildman–Crippen LogP) is 7.04. The number of piperidine rings is 1. The summed E-state index contributed by atoms with van der Waals surface area (Å²) in [4.78, 5) is 21.5. The number of benzene rings is 1. The lowest BCUT2D eigenvalue weighted by molar-refractivity contribution is -0.137. The van der Waals surface area contributed by atoms with Gasteiger partial charge in [-0.1, -0.05) is 26.0 Å². The van der Waals surface area contributed by atoms with Crippen LogP contribution in [0.4, 0.5) is 24.7 Å². The number of halogens is 3. The summed E-state index contributed by atoms with van der Waals surface area (Å²) in [6.45, 7) is 9.20. The highest BCUT2D eigenvalue weighted by Gasteiger charge is 2.40. The van der Waals surface area contributed by atoms with Crippen LogP contribution >= 0.6 is 0 Å². The van der Waals surface area contributed by atoms with Gasteiger partial charge in [-0.2, -0.15) is 13.2 Å². The second-order valence-corrected chi connectivity index (χ2v) is 13.0. The van der Waals surface area contributed by atoms with Gasteiger partial charge in [0.2, 0.25) is 0 Å². The highest BCUT2D eigenvalue weighted by molar-refractivity contribution is 5.93. The second-order valence-electron chi connectivity index (χ2n) is 13.0. The molecule has 3 aromatic heterocycles. The number of nitrogens with one attached hydrogen (secondary N) is 1. The van der Waals surface area contributed by atoms with Crippen LogP contribution in [0, 0.1) is 12.3 Å². The van der Waals surface area contributed by atoms with E-state index < -0.39 is 11.7 Å². The third kappa shape index (κ3) is 5.03. The Morgan fingerprint density at radius 2 is 1.86 bits per heavy atom. The molecule has 5 heterocycles. The molecule has 1 aromatic carbocycles. The summed E-state index contributed by atoms with van der Waals surface area (Å²) in [7, 11) is 1.74. The standard InChI is InChI=1S/C33H37F3N6O/c1-19-5-6-21(20-7-8-20)15-26(19)41-13-10-25-23(17-41)31(42-14-11-27(43-4)32(2,3)18-42)40-30(39-25)28-22-9-12-37-29(22)38-16-24(28)33(34,35)36/h5-6,9,12,15-16,20,27H,7-8,10-11,13-14,17-18H2,1-4H3,(H,37,38). The molecule has 0 spiro atoms. The van der Waals surface area contributed by atoms with E-state index in [-0.39, 0.29) is 22.9 Å². The van der Waals surface area contributed by atoms with Gasteiger partial charge in [-0.05, 0) is 55.4 Å². The third-order valence-corrected chi connectivity index (χ3v) is 9.49. The van der Waals surface area contributed by atoms with Crippen LogP contribution < -0.4 is 9.80 Å². The van der Waals surface area contributed by atoms with Crippen molar-refractivity contribution in [3.05, 3.63) is 64.6 Å². The van der Waals surface area contributed by atoms with Crippen molar-refractivity contribution in [1.29, 1.82) is 0 Å². The topological polar surface area (TPSA) is 70.2 Å². The molecule has 10 heteroatoms. The molecular weight excluding hydrogens is 553 g/mol. The number of anilines is 2. The number of aromatic amines is 1. The Kier molecular flexibility index (Phi) is 6.68. The van der Waals surface area contributed by atoms with Crippen molar-refractivity contribution in [2.75, 3.05) is 36.5 Å². The molecule has 0 amide bonds. The monoisotopic (exact) mass is 590 g/mol. The first-order valence-electron chi connectivity index (χ1n) is 15.1. The van der Waals surface area contributed by atoms with Crippen molar-refractivity contribution in [3.63, 3.8) is 0 Å². The van der Waals surface area contributed by atoms with E-state index in [0.717, 1.165) is 36.2 Å². The molecular formula is C33H37F3N6O. The summed E-state index contributed by atoms with van der Waals surface area (Å²) in [5, 5.41) is 0.365. The van der Waals surface area contributed by atoms with Crippen molar-refractivity contribution >= 4 is 22.5 Å². The van der Waals surface area contributed by atoms with E-state index in [9.17, 15) is 13.2 Å². The fourth-order valence-electron chi connectivity index (χ4n) is 7.03. The number of methoxy groups -OCH3 is 1. The Morgan fingerprint density at radius 3 is 2.58 bits per heavy atom. The first-order chi connectivity index (χ1) is 20.5. The summed E-state index contributed by atoms with van der Waals surface area (Å²) in [6, 6.07) is 8.41. The fraction of sp³-hybridized carbons (Fsp3) is 0.485. The zero-order valence-electron chi connectivity index (χ0n) is 25.1. The fourth-order valence-corrected chi connectivity index (χ4v) is 7.03. The number of pyridine rings is 1. The van der Waals surface area contributed by atoms with E-state index in [2.05, 4.69) is 58.7 Å². The van der Waals surface area contributed by atoms with Crippen molar-refractivity contribution in [1.82, 2.24) is 19.9 Å². The molecule has 0 radical (unpaired) electrons. The van der Waals surface area contributed by atoms with Gasteiger partial charge in [0, 0.05) is 79.7 Å². The molecule has 2 fully saturated rings. The molecule has 2 aliphatic heterocycles. The van der Waals surface area contributed by atoms with Crippen molar-refractivity contribution in [2.24, 2.45) is 5.41 Å². The number of rotatable bonds is 5. The Bertz CT molecular complexity index is 1690. The largest absolute Gasteiger partial charge is 0.418 e. The average molecular weight is 591 g/mol. The van der Waals surface area contributed by atoms with Crippen LogP contribution in [0.1, 0.15) is 67.0 Å². The minimum atomic E-state index is -4.60. The molecule has 1 saturated carbocycles. The molecule has 43 heavy (non-hydrogen) atoms. The molecule has 4 aromatic rings. The van der Waals surface area contributed by atoms with Crippen molar-refractivity contribution in [2.45, 2.75) is 71.2 Å². The van der Waals surface area contributed by atoms with Crippen LogP contribution in [0.15, 0.2) is 36.7 Å². The molecule has 226 valence electrons. The molecule has 0 bridgehead atoms. The van der Waals surface area contributed by atoms with Gasteiger partial charge in [0.15, 0.2) is 5.82 Å². The van der Waals surface area contributed by atoms with Gasteiger partial charge < -0.3 is 19.5 Å². The minimum Gasteiger partial charge on any atom is -0.381 e. The SMILES string of the molecule is COC1CCN(c2nc(-c3c(C(F)(F)F)cnc4[nH]ccc34)nc3c2CN(c2cc(C4CC4)ccc2C)CC3)CC1(C)C. The van der Waals surface area contributed by atoms with Crippen molar-refractivity contribution < 1.29 is 17.9 Å². The summed E-state index contributed by atoms with van der Waals surface area (Å²) < 4.78 is 48.9. The smallest absolute Gasteiger partial charge is 0.381 e. The predicted molar refractivity (Wildman–Crippen MR) is 161 cm³/mol. The lowest BCUT2D eigenvalue weighted by Gasteiger charge is -2.45. The number of fused-ring (bicyclic) bond motifs is 2. The van der Waals surface area contributed by atoms with Gasteiger partial charge in [-0.25, -0.2) is 15.0 Å². The Labute approximate surface area is 249 Å². The van der Waals surface area contributed by atoms with Gasteiger partial charge in [-0.15, -0.1) is 0 Å². The summed E-state index contributed by atoms with van der Waals surface area (Å²) in [5.41, 5.74) is 4.98. The van der Waals surface area contributed by atoms with E-state index in [1.54, 1.807) is 19.4 Å². The van der Waals surface area contributed by atoms with Gasteiger partial charge >= 0.3 is 6.18 Å². The highest BCUT2D eigenvalue weighted by atomic mass is 19.4. The van der Waals surface area contributed by atoms with Gasteiger partial charge in [-0.3, -0.25) is 0 Å². The lowest BCUT2D eigenvalue weighted by Crippen LogP contribution is -2.50. The van der Waals surface area contributed by atoms with E-state index >= 15 is 0 Å². The number of hydrogen-bond acceptors (Lipinski definition) is 6. The van der Waals surface area contributed by atoms with Crippen LogP contribution in [0.3, 0.4) is 0 Å². The van der Waals surface area contributed by atoms with E-state index in [1.165, 1.54) is 29.7 Å². The molecule has 7 nitrogen and oxygen atoms in total. The Morgan fingerprint density at radius 1 is 1.05 bits per heavy atom. The zero-order valence-corrected chi connectivity index (χ0v) is 25.1. The number of aromatic nitrogens is 4. The second kappa shape index (κ2) is 10.2. The average Bonchev–Trinajstić information content (AvgIpc) is 3.71. The number of hydrogen-bond donors (Lipinski definition) is 1. The normalized spacial score (nSPS) is 20.5. The number of H-pyrrole nitrogens is 1. The molecule has 3 aliphatic rings. The van der Waals surface area contributed by atoms with Crippen LogP contribution in [0.2, 0.25) is 0 Å². The van der Waals surface area contributed by atoms with Gasteiger partial charge in [0.1, 0.15) is 11.5 Å². The molecule has 7 rings (SSSR count). The summed E-state index contributed by atoms with van der Waals surface area (Å²) >= 11 is 0. The lowest BCUT2D eigenvalue weighted by atomic mass is 9.81. The number of alkyl halides is 3.